The number of carbonyl (C=O) groups is 1. The third-order valence-corrected chi connectivity index (χ3v) is 1.83. The van der Waals surface area contributed by atoms with Gasteiger partial charge >= 0.3 is 5.97 Å². The molecule has 1 heterocycles. The van der Waals surface area contributed by atoms with Crippen LogP contribution in [0.15, 0.2) is 5.16 Å². The van der Waals surface area contributed by atoms with Gasteiger partial charge < -0.3 is 14.7 Å². The quantitative estimate of drug-likeness (QED) is 0.574. The predicted molar refractivity (Wildman–Crippen MR) is 40.6 cm³/mol. The molecule has 0 saturated heterocycles. The molecule has 5 nitrogen and oxygen atoms in total. The summed E-state index contributed by atoms with van der Waals surface area (Å²) in [6.45, 7) is 1.58. The molecule has 1 aliphatic heterocycles. The van der Waals surface area contributed by atoms with E-state index in [1.807, 2.05) is 0 Å². The largest absolute Gasteiger partial charge is 0.464 e. The van der Waals surface area contributed by atoms with Gasteiger partial charge in [0.1, 0.15) is 6.10 Å². The molecule has 0 aliphatic carbocycles. The molecule has 1 aliphatic rings. The van der Waals surface area contributed by atoms with E-state index in [1.165, 1.54) is 7.11 Å². The first-order chi connectivity index (χ1) is 5.70. The summed E-state index contributed by atoms with van der Waals surface area (Å²) in [4.78, 5) is 15.8. The van der Waals surface area contributed by atoms with E-state index in [-0.39, 0.29) is 24.3 Å². The maximum atomic E-state index is 11.0. The average Bonchev–Trinajstić information content (AvgIpc) is 2.45. The SMILES string of the molecule is COC(=O)C1=NO[C@@H](C)[C@@H]1CO. The molecule has 0 spiro atoms. The monoisotopic (exact) mass is 173 g/mol. The van der Waals surface area contributed by atoms with Crippen LogP contribution >= 0.6 is 0 Å². The van der Waals surface area contributed by atoms with Crippen molar-refractivity contribution in [3.05, 3.63) is 0 Å². The first kappa shape index (κ1) is 8.99. The number of nitrogens with zero attached hydrogens (tertiary/aromatic N) is 1. The number of rotatable bonds is 2. The molecule has 0 unspecified atom stereocenters. The van der Waals surface area contributed by atoms with E-state index < -0.39 is 5.97 Å². The van der Waals surface area contributed by atoms with Crippen molar-refractivity contribution >= 4 is 11.7 Å². The summed E-state index contributed by atoms with van der Waals surface area (Å²) in [6, 6.07) is 0. The second kappa shape index (κ2) is 3.53. The number of hydrogen-bond acceptors (Lipinski definition) is 5. The van der Waals surface area contributed by atoms with E-state index in [9.17, 15) is 4.79 Å². The normalized spacial score (nSPS) is 27.8. The van der Waals surface area contributed by atoms with Gasteiger partial charge in [0.15, 0.2) is 5.71 Å². The molecule has 0 aromatic carbocycles. The van der Waals surface area contributed by atoms with Crippen LogP contribution in [0.5, 0.6) is 0 Å². The van der Waals surface area contributed by atoms with Crippen molar-refractivity contribution in [1.82, 2.24) is 0 Å². The van der Waals surface area contributed by atoms with Gasteiger partial charge in [0, 0.05) is 0 Å². The predicted octanol–water partition coefficient (Wildman–Crippen LogP) is -0.457. The minimum Gasteiger partial charge on any atom is -0.464 e. The van der Waals surface area contributed by atoms with Crippen LogP contribution in [0.2, 0.25) is 0 Å². The maximum Gasteiger partial charge on any atom is 0.356 e. The summed E-state index contributed by atoms with van der Waals surface area (Å²) < 4.78 is 4.45. The van der Waals surface area contributed by atoms with Gasteiger partial charge in [-0.15, -0.1) is 0 Å². The zero-order valence-electron chi connectivity index (χ0n) is 6.98. The summed E-state index contributed by atoms with van der Waals surface area (Å²) in [6.07, 6.45) is -0.260. The average molecular weight is 173 g/mol. The Labute approximate surface area is 70.0 Å². The Bertz CT molecular complexity index is 213. The zero-order valence-corrected chi connectivity index (χ0v) is 6.98. The summed E-state index contributed by atoms with van der Waals surface area (Å²) in [5.41, 5.74) is 0.160. The Kier molecular flexibility index (Phi) is 2.65. The fourth-order valence-electron chi connectivity index (χ4n) is 1.03. The van der Waals surface area contributed by atoms with Crippen molar-refractivity contribution in [3.8, 4) is 0 Å². The van der Waals surface area contributed by atoms with Gasteiger partial charge in [-0.1, -0.05) is 5.16 Å². The Hall–Kier alpha value is -1.10. The maximum absolute atomic E-state index is 11.0. The van der Waals surface area contributed by atoms with E-state index in [2.05, 4.69) is 9.89 Å². The Morgan fingerprint density at radius 1 is 1.83 bits per heavy atom. The molecule has 5 heteroatoms. The smallest absolute Gasteiger partial charge is 0.356 e. The standard InChI is InChI=1S/C7H11NO4/c1-4-5(3-9)6(8-12-4)7(10)11-2/h4-5,9H,3H2,1-2H3/t4-,5-/m0/s1. The van der Waals surface area contributed by atoms with E-state index >= 15 is 0 Å². The number of aliphatic hydroxyl groups is 1. The third-order valence-electron chi connectivity index (χ3n) is 1.83. The lowest BCUT2D eigenvalue weighted by molar-refractivity contribution is -0.133. The molecule has 0 aromatic heterocycles. The molecule has 2 atom stereocenters. The fraction of sp³-hybridized carbons (Fsp3) is 0.714. The zero-order chi connectivity index (χ0) is 9.14. The van der Waals surface area contributed by atoms with Gasteiger partial charge in [-0.2, -0.15) is 0 Å². The molecule has 0 saturated carbocycles. The summed E-state index contributed by atoms with van der Waals surface area (Å²) >= 11 is 0. The van der Waals surface area contributed by atoms with E-state index in [4.69, 9.17) is 9.94 Å². The second-order valence-corrected chi connectivity index (χ2v) is 2.57. The highest BCUT2D eigenvalue weighted by Gasteiger charge is 2.35. The molecule has 0 bridgehead atoms. The van der Waals surface area contributed by atoms with Crippen LogP contribution in [0, 0.1) is 5.92 Å². The van der Waals surface area contributed by atoms with Gasteiger partial charge in [0.05, 0.1) is 19.6 Å². The first-order valence-electron chi connectivity index (χ1n) is 3.63. The third kappa shape index (κ3) is 1.40. The van der Waals surface area contributed by atoms with Crippen molar-refractivity contribution < 1.29 is 19.5 Å². The van der Waals surface area contributed by atoms with Gasteiger partial charge in [-0.3, -0.25) is 0 Å². The lowest BCUT2D eigenvalue weighted by atomic mass is 10.00. The molecule has 0 radical (unpaired) electrons. The number of aliphatic hydroxyl groups excluding tert-OH is 1. The molecule has 12 heavy (non-hydrogen) atoms. The molecular weight excluding hydrogens is 162 g/mol. The number of methoxy groups -OCH3 is 1. The molecular formula is C7H11NO4. The minimum atomic E-state index is -0.543. The molecule has 0 aromatic rings. The number of hydrogen-bond donors (Lipinski definition) is 1. The van der Waals surface area contributed by atoms with Gasteiger partial charge in [-0.05, 0) is 6.92 Å². The van der Waals surface area contributed by atoms with Crippen LogP contribution in [0.25, 0.3) is 0 Å². The van der Waals surface area contributed by atoms with Crippen LogP contribution < -0.4 is 0 Å². The number of oxime groups is 1. The Balaban J connectivity index is 2.71. The highest BCUT2D eigenvalue weighted by molar-refractivity contribution is 6.37. The van der Waals surface area contributed by atoms with Gasteiger partial charge in [0.2, 0.25) is 0 Å². The molecule has 1 rings (SSSR count). The van der Waals surface area contributed by atoms with Gasteiger partial charge in [-0.25, -0.2) is 4.79 Å². The molecule has 1 N–H and O–H groups in total. The Morgan fingerprint density at radius 3 is 3.00 bits per heavy atom. The first-order valence-corrected chi connectivity index (χ1v) is 3.63. The second-order valence-electron chi connectivity index (χ2n) is 2.57. The van der Waals surface area contributed by atoms with Crippen molar-refractivity contribution in [2.75, 3.05) is 13.7 Å². The number of carbonyl (C=O) groups excluding carboxylic acids is 1. The van der Waals surface area contributed by atoms with Gasteiger partial charge in [0.25, 0.3) is 0 Å². The van der Waals surface area contributed by atoms with Crippen LogP contribution in [-0.2, 0) is 14.4 Å². The molecule has 0 amide bonds. The summed E-state index contributed by atoms with van der Waals surface area (Å²) in [7, 11) is 1.27. The van der Waals surface area contributed by atoms with E-state index in [0.29, 0.717) is 0 Å². The highest BCUT2D eigenvalue weighted by atomic mass is 16.6. The minimum absolute atomic E-state index is 0.158. The highest BCUT2D eigenvalue weighted by Crippen LogP contribution is 2.18. The van der Waals surface area contributed by atoms with Crippen molar-refractivity contribution in [1.29, 1.82) is 0 Å². The molecule has 68 valence electrons. The van der Waals surface area contributed by atoms with Crippen molar-refractivity contribution in [3.63, 3.8) is 0 Å². The lowest BCUT2D eigenvalue weighted by Gasteiger charge is -2.09. The van der Waals surface area contributed by atoms with Crippen LogP contribution in [0.4, 0.5) is 0 Å². The summed E-state index contributed by atoms with van der Waals surface area (Å²) in [5.74, 6) is -0.907. The van der Waals surface area contributed by atoms with Crippen LogP contribution in [-0.4, -0.2) is 36.6 Å². The van der Waals surface area contributed by atoms with E-state index in [1.54, 1.807) is 6.92 Å². The van der Waals surface area contributed by atoms with E-state index in [0.717, 1.165) is 0 Å². The van der Waals surface area contributed by atoms with Crippen molar-refractivity contribution in [2.24, 2.45) is 11.1 Å². The van der Waals surface area contributed by atoms with Crippen LogP contribution in [0.1, 0.15) is 6.92 Å². The number of ether oxygens (including phenoxy) is 1. The Morgan fingerprint density at radius 2 is 2.50 bits per heavy atom. The summed E-state index contributed by atoms with van der Waals surface area (Å²) in [5, 5.41) is 12.4. The lowest BCUT2D eigenvalue weighted by Crippen LogP contribution is -2.30. The van der Waals surface area contributed by atoms with Crippen LogP contribution in [0.3, 0.4) is 0 Å². The number of esters is 1. The fourth-order valence-corrected chi connectivity index (χ4v) is 1.03. The topological polar surface area (TPSA) is 68.1 Å². The van der Waals surface area contributed by atoms with Crippen molar-refractivity contribution in [2.45, 2.75) is 13.0 Å². The molecule has 0 fully saturated rings.